The fourth-order valence-electron chi connectivity index (χ4n) is 2.05. The normalized spacial score (nSPS) is 10.8. The second kappa shape index (κ2) is 5.14. The van der Waals surface area contributed by atoms with E-state index in [1.165, 1.54) is 16.8 Å². The van der Waals surface area contributed by atoms with Crippen LogP contribution in [0.25, 0.3) is 17.1 Å². The molecule has 0 aliphatic heterocycles. The maximum Gasteiger partial charge on any atom is 0.187 e. The highest BCUT2D eigenvalue weighted by molar-refractivity contribution is 6.30. The maximum absolute atomic E-state index is 14.1. The van der Waals surface area contributed by atoms with Gasteiger partial charge in [0.05, 0.1) is 0 Å². The molecule has 7 heteroatoms. The van der Waals surface area contributed by atoms with Gasteiger partial charge in [-0.15, -0.1) is 5.10 Å². The van der Waals surface area contributed by atoms with E-state index in [1.54, 1.807) is 18.2 Å². The van der Waals surface area contributed by atoms with E-state index < -0.39 is 5.82 Å². The zero-order valence-corrected chi connectivity index (χ0v) is 11.8. The second-order valence-electron chi connectivity index (χ2n) is 4.58. The summed E-state index contributed by atoms with van der Waals surface area (Å²) in [4.78, 5) is 0. The van der Waals surface area contributed by atoms with Gasteiger partial charge in [-0.1, -0.05) is 17.7 Å². The first-order chi connectivity index (χ1) is 10.1. The van der Waals surface area contributed by atoms with Gasteiger partial charge in [0.25, 0.3) is 0 Å². The van der Waals surface area contributed by atoms with Crippen LogP contribution in [-0.2, 0) is 0 Å². The average molecular weight is 304 g/mol. The molecule has 0 saturated carbocycles. The summed E-state index contributed by atoms with van der Waals surface area (Å²) >= 11 is 5.76. The third kappa shape index (κ3) is 2.45. The minimum absolute atomic E-state index is 0.223. The molecule has 0 fully saturated rings. The van der Waals surface area contributed by atoms with Gasteiger partial charge < -0.3 is 5.73 Å². The highest BCUT2D eigenvalue weighted by atomic mass is 35.5. The molecule has 0 amide bonds. The Morgan fingerprint density at radius 3 is 2.76 bits per heavy atom. The Balaban J connectivity index is 2.19. The Kier molecular flexibility index (Phi) is 3.31. The van der Waals surface area contributed by atoms with Crippen LogP contribution in [0.5, 0.6) is 0 Å². The quantitative estimate of drug-likeness (QED) is 0.739. The number of hydrogen-bond donors (Lipinski definition) is 1. The molecule has 1 aromatic heterocycles. The van der Waals surface area contributed by atoms with Crippen molar-refractivity contribution in [2.24, 2.45) is 0 Å². The fraction of sp³-hybridized carbons (Fsp3) is 0.0714. The van der Waals surface area contributed by atoms with Crippen molar-refractivity contribution in [3.05, 3.63) is 52.8 Å². The first kappa shape index (κ1) is 13.5. The van der Waals surface area contributed by atoms with E-state index in [4.69, 9.17) is 17.3 Å². The molecule has 0 bridgehead atoms. The number of halogens is 2. The van der Waals surface area contributed by atoms with Crippen molar-refractivity contribution >= 4 is 17.3 Å². The van der Waals surface area contributed by atoms with Crippen molar-refractivity contribution in [2.45, 2.75) is 6.92 Å². The molecule has 0 radical (unpaired) electrons. The lowest BCUT2D eigenvalue weighted by Gasteiger charge is -2.08. The van der Waals surface area contributed by atoms with Crippen molar-refractivity contribution in [1.29, 1.82) is 0 Å². The minimum atomic E-state index is -0.502. The number of benzene rings is 2. The highest BCUT2D eigenvalue weighted by Crippen LogP contribution is 2.26. The van der Waals surface area contributed by atoms with Crippen LogP contribution >= 0.6 is 11.6 Å². The number of nitrogen functional groups attached to an aromatic ring is 1. The zero-order chi connectivity index (χ0) is 15.0. The molecule has 3 aromatic rings. The Morgan fingerprint density at radius 1 is 1.19 bits per heavy atom. The van der Waals surface area contributed by atoms with Crippen LogP contribution in [0.3, 0.4) is 0 Å². The monoisotopic (exact) mass is 303 g/mol. The largest absolute Gasteiger partial charge is 0.399 e. The molecule has 1 heterocycles. The van der Waals surface area contributed by atoms with Crippen LogP contribution in [0.1, 0.15) is 5.56 Å². The van der Waals surface area contributed by atoms with Crippen molar-refractivity contribution in [3.63, 3.8) is 0 Å². The fourth-order valence-corrected chi connectivity index (χ4v) is 2.21. The van der Waals surface area contributed by atoms with E-state index in [2.05, 4.69) is 15.5 Å². The van der Waals surface area contributed by atoms with E-state index in [1.807, 2.05) is 13.0 Å². The Labute approximate surface area is 125 Å². The van der Waals surface area contributed by atoms with Gasteiger partial charge >= 0.3 is 0 Å². The summed E-state index contributed by atoms with van der Waals surface area (Å²) in [5.74, 6) is -0.0846. The van der Waals surface area contributed by atoms with E-state index in [0.29, 0.717) is 16.5 Å². The molecular formula is C14H11ClFN5. The zero-order valence-electron chi connectivity index (χ0n) is 11.1. The lowest BCUT2D eigenvalue weighted by molar-refractivity contribution is 0.608. The second-order valence-corrected chi connectivity index (χ2v) is 5.02. The topological polar surface area (TPSA) is 69.6 Å². The lowest BCUT2D eigenvalue weighted by Crippen LogP contribution is -2.03. The Morgan fingerprint density at radius 2 is 2.00 bits per heavy atom. The van der Waals surface area contributed by atoms with Gasteiger partial charge in [0.2, 0.25) is 0 Å². The Bertz CT molecular complexity index is 815. The molecule has 0 aliphatic carbocycles. The summed E-state index contributed by atoms with van der Waals surface area (Å²) in [5, 5.41) is 11.8. The molecular weight excluding hydrogens is 293 g/mol. The van der Waals surface area contributed by atoms with Crippen LogP contribution in [0.2, 0.25) is 5.02 Å². The molecule has 0 aliphatic rings. The van der Waals surface area contributed by atoms with Crippen molar-refractivity contribution < 1.29 is 4.39 Å². The molecule has 0 unspecified atom stereocenters. The molecule has 2 aromatic carbocycles. The van der Waals surface area contributed by atoms with Gasteiger partial charge in [-0.05, 0) is 53.2 Å². The number of nitrogens with zero attached hydrogens (tertiary/aromatic N) is 4. The third-order valence-corrected chi connectivity index (χ3v) is 3.35. The predicted molar refractivity (Wildman–Crippen MR) is 78.7 cm³/mol. The maximum atomic E-state index is 14.1. The van der Waals surface area contributed by atoms with E-state index in [0.717, 1.165) is 11.1 Å². The number of aryl methyl sites for hydroxylation is 1. The van der Waals surface area contributed by atoms with Gasteiger partial charge in [0.1, 0.15) is 11.5 Å². The lowest BCUT2D eigenvalue weighted by atomic mass is 10.1. The van der Waals surface area contributed by atoms with E-state index in [9.17, 15) is 4.39 Å². The SMILES string of the molecule is Cc1ccc(N)cc1-c1nnnn1-c1ccc(Cl)cc1F. The number of anilines is 1. The number of tetrazole rings is 1. The van der Waals surface area contributed by atoms with Gasteiger partial charge in [-0.2, -0.15) is 4.68 Å². The number of nitrogens with two attached hydrogens (primary N) is 1. The van der Waals surface area contributed by atoms with Crippen molar-refractivity contribution in [2.75, 3.05) is 5.73 Å². The van der Waals surface area contributed by atoms with Crippen LogP contribution in [-0.4, -0.2) is 20.2 Å². The summed E-state index contributed by atoms with van der Waals surface area (Å²) in [6.45, 7) is 1.91. The molecule has 21 heavy (non-hydrogen) atoms. The number of hydrogen-bond acceptors (Lipinski definition) is 4. The summed E-state index contributed by atoms with van der Waals surface area (Å²) in [5.41, 5.74) is 8.30. The number of rotatable bonds is 2. The van der Waals surface area contributed by atoms with Gasteiger partial charge in [0, 0.05) is 16.3 Å². The van der Waals surface area contributed by atoms with Gasteiger partial charge in [-0.3, -0.25) is 0 Å². The molecule has 0 spiro atoms. The summed E-state index contributed by atoms with van der Waals surface area (Å²) in [6, 6.07) is 9.73. The summed E-state index contributed by atoms with van der Waals surface area (Å²) in [7, 11) is 0. The third-order valence-electron chi connectivity index (χ3n) is 3.11. The van der Waals surface area contributed by atoms with Crippen LogP contribution in [0, 0.1) is 12.7 Å². The molecule has 3 rings (SSSR count). The first-order valence-corrected chi connectivity index (χ1v) is 6.54. The van der Waals surface area contributed by atoms with Crippen molar-refractivity contribution in [1.82, 2.24) is 20.2 Å². The smallest absolute Gasteiger partial charge is 0.187 e. The van der Waals surface area contributed by atoms with Gasteiger partial charge in [0.15, 0.2) is 5.82 Å². The Hall–Kier alpha value is -2.47. The first-order valence-electron chi connectivity index (χ1n) is 6.16. The molecule has 2 N–H and O–H groups in total. The minimum Gasteiger partial charge on any atom is -0.399 e. The van der Waals surface area contributed by atoms with Crippen LogP contribution in [0.15, 0.2) is 36.4 Å². The standard InChI is InChI=1S/C14H11ClFN5/c1-8-2-4-10(17)7-11(8)14-18-19-20-21(14)13-5-3-9(15)6-12(13)16/h2-7H,17H2,1H3. The highest BCUT2D eigenvalue weighted by Gasteiger charge is 2.16. The molecule has 5 nitrogen and oxygen atoms in total. The van der Waals surface area contributed by atoms with Gasteiger partial charge in [-0.25, -0.2) is 4.39 Å². The molecule has 0 saturated heterocycles. The summed E-state index contributed by atoms with van der Waals surface area (Å²) in [6.07, 6.45) is 0. The van der Waals surface area contributed by atoms with E-state index in [-0.39, 0.29) is 5.69 Å². The van der Waals surface area contributed by atoms with E-state index >= 15 is 0 Å². The van der Waals surface area contributed by atoms with Crippen molar-refractivity contribution in [3.8, 4) is 17.1 Å². The van der Waals surface area contributed by atoms with Crippen LogP contribution in [0.4, 0.5) is 10.1 Å². The average Bonchev–Trinajstić information content (AvgIpc) is 2.90. The molecule has 0 atom stereocenters. The predicted octanol–water partition coefficient (Wildman–Crippen LogP) is 3.01. The van der Waals surface area contributed by atoms with Crippen LogP contribution < -0.4 is 5.73 Å². The number of aromatic nitrogens is 4. The summed E-state index contributed by atoms with van der Waals surface area (Å²) < 4.78 is 15.4. The molecule has 106 valence electrons.